The Balaban J connectivity index is 0.948. The zero-order valence-corrected chi connectivity index (χ0v) is 30.5. The van der Waals surface area contributed by atoms with Crippen LogP contribution in [0.1, 0.15) is 93.7 Å². The van der Waals surface area contributed by atoms with Crippen LogP contribution < -0.4 is 29.6 Å². The molecule has 0 saturated heterocycles. The third-order valence-corrected chi connectivity index (χ3v) is 9.68. The lowest BCUT2D eigenvalue weighted by molar-refractivity contribution is 0.0854. The number of methoxy groups -OCH3 is 2. The molecule has 2 heterocycles. The summed E-state index contributed by atoms with van der Waals surface area (Å²) in [7, 11) is 3.16. The molecule has 6 N–H and O–H groups in total. The van der Waals surface area contributed by atoms with Crippen molar-refractivity contribution in [2.24, 2.45) is 5.16 Å². The summed E-state index contributed by atoms with van der Waals surface area (Å²) in [5.41, 5.74) is 6.54. The van der Waals surface area contributed by atoms with Gasteiger partial charge in [0.15, 0.2) is 17.6 Å². The zero-order valence-electron chi connectivity index (χ0n) is 30.5. The molecule has 0 saturated carbocycles. The summed E-state index contributed by atoms with van der Waals surface area (Å²) >= 11 is 0. The fourth-order valence-electron chi connectivity index (χ4n) is 6.68. The van der Waals surface area contributed by atoms with Crippen molar-refractivity contribution < 1.29 is 49.0 Å². The summed E-state index contributed by atoms with van der Waals surface area (Å²) in [6.07, 6.45) is 3.20. The summed E-state index contributed by atoms with van der Waals surface area (Å²) in [5, 5.41) is 50.0. The lowest BCUT2D eigenvalue weighted by Crippen LogP contribution is -2.38. The minimum Gasteiger partial charge on any atom is -0.497 e. The lowest BCUT2D eigenvalue weighted by atomic mass is 9.94. The van der Waals surface area contributed by atoms with Gasteiger partial charge >= 0.3 is 0 Å². The predicted molar refractivity (Wildman–Crippen MR) is 201 cm³/mol. The molecule has 286 valence electrons. The van der Waals surface area contributed by atoms with Gasteiger partial charge in [-0.05, 0) is 108 Å². The van der Waals surface area contributed by atoms with Crippen molar-refractivity contribution in [2.75, 3.05) is 32.8 Å². The van der Waals surface area contributed by atoms with Gasteiger partial charge in [-0.3, -0.25) is 4.79 Å². The maximum absolute atomic E-state index is 12.8. The second-order valence-electron chi connectivity index (χ2n) is 13.1. The Hall–Kier alpha value is -5.34. The van der Waals surface area contributed by atoms with Gasteiger partial charge in [0.05, 0.1) is 65.1 Å². The van der Waals surface area contributed by atoms with E-state index in [1.165, 1.54) is 0 Å². The Labute approximate surface area is 314 Å². The van der Waals surface area contributed by atoms with E-state index in [0.29, 0.717) is 81.8 Å². The second-order valence-corrected chi connectivity index (χ2v) is 13.1. The third kappa shape index (κ3) is 8.71. The molecule has 2 atom stereocenters. The van der Waals surface area contributed by atoms with Crippen LogP contribution in [0.3, 0.4) is 0 Å². The van der Waals surface area contributed by atoms with Gasteiger partial charge in [0.2, 0.25) is 0 Å². The largest absolute Gasteiger partial charge is 0.497 e. The van der Waals surface area contributed by atoms with Crippen molar-refractivity contribution in [1.82, 2.24) is 5.32 Å². The number of aliphatic hydroxyl groups is 4. The standard InChI is InChI=1S/C41H47N3O10/c1-50-31-9-10-34-32(19-31)41(49)43-40(42-34)26-8-11-36(30(15-26)23-47)52-13-5-3-4-6-14-53-39-18-25(7-12-37(39)51-2)38-20-35(44-54-38)27-16-28(21-45)33(24-48)29(17-27)22-46/h7-12,15-19,38,40,42,45-48H,3-6,13-14,20-24H2,1-2H3,(H,43,49). The Morgan fingerprint density at radius 1 is 0.704 bits per heavy atom. The number of ether oxygens (including phenoxy) is 4. The third-order valence-electron chi connectivity index (χ3n) is 9.68. The number of nitrogens with zero attached hydrogens (tertiary/aromatic N) is 1. The van der Waals surface area contributed by atoms with Crippen LogP contribution in [0, 0.1) is 0 Å². The highest BCUT2D eigenvalue weighted by molar-refractivity contribution is 6.02. The number of carbonyl (C=O) groups excluding carboxylic acids is 1. The average molecular weight is 742 g/mol. The molecule has 0 aliphatic carbocycles. The Morgan fingerprint density at radius 3 is 2.06 bits per heavy atom. The monoisotopic (exact) mass is 741 g/mol. The number of anilines is 1. The molecule has 0 spiro atoms. The Bertz CT molecular complexity index is 1940. The van der Waals surface area contributed by atoms with Crippen LogP contribution in [0.15, 0.2) is 71.9 Å². The lowest BCUT2D eigenvalue weighted by Gasteiger charge is -2.29. The van der Waals surface area contributed by atoms with Crippen molar-refractivity contribution in [3.05, 3.63) is 111 Å². The molecule has 54 heavy (non-hydrogen) atoms. The van der Waals surface area contributed by atoms with Gasteiger partial charge in [-0.2, -0.15) is 0 Å². The number of hydrogen-bond donors (Lipinski definition) is 6. The minimum atomic E-state index is -0.453. The van der Waals surface area contributed by atoms with Crippen LogP contribution in [-0.2, 0) is 31.3 Å². The highest BCUT2D eigenvalue weighted by Gasteiger charge is 2.27. The van der Waals surface area contributed by atoms with E-state index in [4.69, 9.17) is 23.8 Å². The molecule has 13 nitrogen and oxygen atoms in total. The van der Waals surface area contributed by atoms with Crippen LogP contribution in [0.4, 0.5) is 5.69 Å². The quantitative estimate of drug-likeness (QED) is 0.0718. The van der Waals surface area contributed by atoms with Crippen LogP contribution in [0.2, 0.25) is 0 Å². The number of fused-ring (bicyclic) bond motifs is 1. The number of aliphatic hydroxyl groups excluding tert-OH is 4. The molecule has 0 bridgehead atoms. The molecule has 0 radical (unpaired) electrons. The number of amides is 1. The first kappa shape index (κ1) is 38.4. The highest BCUT2D eigenvalue weighted by atomic mass is 16.6. The minimum absolute atomic E-state index is 0.198. The van der Waals surface area contributed by atoms with Crippen molar-refractivity contribution in [3.63, 3.8) is 0 Å². The van der Waals surface area contributed by atoms with Gasteiger partial charge in [-0.1, -0.05) is 17.3 Å². The van der Waals surface area contributed by atoms with Crippen molar-refractivity contribution >= 4 is 17.3 Å². The van der Waals surface area contributed by atoms with E-state index in [1.807, 2.05) is 42.5 Å². The van der Waals surface area contributed by atoms with E-state index < -0.39 is 6.17 Å². The van der Waals surface area contributed by atoms with Gasteiger partial charge in [0.25, 0.3) is 5.91 Å². The molecule has 4 aromatic rings. The first-order valence-electron chi connectivity index (χ1n) is 18.0. The van der Waals surface area contributed by atoms with Gasteiger partial charge in [-0.25, -0.2) is 0 Å². The van der Waals surface area contributed by atoms with Gasteiger partial charge in [0.1, 0.15) is 17.7 Å². The van der Waals surface area contributed by atoms with Crippen molar-refractivity contribution in [3.8, 4) is 23.0 Å². The molecule has 2 aliphatic rings. The number of carbonyl (C=O) groups is 1. The topological polar surface area (TPSA) is 181 Å². The zero-order chi connectivity index (χ0) is 38.0. The van der Waals surface area contributed by atoms with Gasteiger partial charge in [-0.15, -0.1) is 0 Å². The number of unbranched alkanes of at least 4 members (excludes halogenated alkanes) is 3. The van der Waals surface area contributed by atoms with Gasteiger partial charge < -0.3 is 54.8 Å². The first-order valence-corrected chi connectivity index (χ1v) is 18.0. The molecule has 0 aromatic heterocycles. The van der Waals surface area contributed by atoms with E-state index in [2.05, 4.69) is 15.8 Å². The molecule has 2 unspecified atom stereocenters. The fraction of sp³-hybridized carbons (Fsp3) is 0.366. The molecular formula is C41H47N3O10. The summed E-state index contributed by atoms with van der Waals surface area (Å²) in [5.74, 6) is 2.23. The molecule has 0 fully saturated rings. The molecule has 1 amide bonds. The van der Waals surface area contributed by atoms with Crippen LogP contribution >= 0.6 is 0 Å². The van der Waals surface area contributed by atoms with E-state index >= 15 is 0 Å². The van der Waals surface area contributed by atoms with Gasteiger partial charge in [0, 0.05) is 23.2 Å². The summed E-state index contributed by atoms with van der Waals surface area (Å²) in [4.78, 5) is 18.6. The van der Waals surface area contributed by atoms with Crippen molar-refractivity contribution in [1.29, 1.82) is 0 Å². The SMILES string of the molecule is COc1ccc2c(c1)C(=O)NC(c1ccc(OCCCCCCOc3cc(C4CC(c5cc(CO)c(CO)c(CO)c5)=NO4)ccc3OC)c(CO)c1)N2. The molecule has 4 aromatic carbocycles. The van der Waals surface area contributed by atoms with E-state index in [0.717, 1.165) is 42.4 Å². The van der Waals surface area contributed by atoms with Crippen molar-refractivity contribution in [2.45, 2.75) is 70.8 Å². The summed E-state index contributed by atoms with van der Waals surface area (Å²) < 4.78 is 22.9. The number of oxime groups is 1. The maximum Gasteiger partial charge on any atom is 0.255 e. The summed E-state index contributed by atoms with van der Waals surface area (Å²) in [6.45, 7) is -0.0130. The van der Waals surface area contributed by atoms with Crippen LogP contribution in [-0.4, -0.2) is 59.5 Å². The summed E-state index contributed by atoms with van der Waals surface area (Å²) in [6, 6.07) is 20.1. The van der Waals surface area contributed by atoms with E-state index in [-0.39, 0.29) is 38.4 Å². The molecular weight excluding hydrogens is 694 g/mol. The van der Waals surface area contributed by atoms with E-state index in [9.17, 15) is 25.2 Å². The normalized spacial score (nSPS) is 16.1. The maximum atomic E-state index is 12.8. The molecule has 6 rings (SSSR count). The first-order chi connectivity index (χ1) is 26.4. The van der Waals surface area contributed by atoms with E-state index in [1.54, 1.807) is 38.5 Å². The predicted octanol–water partition coefficient (Wildman–Crippen LogP) is 5.41. The average Bonchev–Trinajstić information content (AvgIpc) is 3.71. The smallest absolute Gasteiger partial charge is 0.255 e. The van der Waals surface area contributed by atoms with Crippen LogP contribution in [0.25, 0.3) is 0 Å². The Morgan fingerprint density at radius 2 is 1.39 bits per heavy atom. The molecule has 2 aliphatic heterocycles. The highest BCUT2D eigenvalue weighted by Crippen LogP contribution is 2.37. The molecule has 13 heteroatoms. The van der Waals surface area contributed by atoms with Crippen LogP contribution in [0.5, 0.6) is 23.0 Å². The number of hydrogen-bond acceptors (Lipinski definition) is 12. The Kier molecular flexibility index (Phi) is 12.9. The number of benzene rings is 4. The second kappa shape index (κ2) is 18.1. The number of nitrogens with one attached hydrogen (secondary N) is 2. The number of rotatable bonds is 18. The fourth-order valence-corrected chi connectivity index (χ4v) is 6.68.